The quantitative estimate of drug-likeness (QED) is 0.316. The number of benzene rings is 3. The molecule has 3 aromatic rings. The first kappa shape index (κ1) is 26.5. The number of para-hydroxylation sites is 2. The van der Waals surface area contributed by atoms with Gasteiger partial charge in [-0.25, -0.2) is 0 Å². The number of nitrogens with zero attached hydrogens (tertiary/aromatic N) is 1. The highest BCUT2D eigenvalue weighted by atomic mass is 16.5. The molecule has 5 rings (SSSR count). The summed E-state index contributed by atoms with van der Waals surface area (Å²) in [5.74, 6) is 1.28. The van der Waals surface area contributed by atoms with Crippen molar-refractivity contribution >= 4 is 23.1 Å². The molecule has 0 aromatic heterocycles. The number of Topliss-reactive ketones (excluding diaryl/α,β-unsaturated/α-hetero) is 1. The first-order valence-corrected chi connectivity index (χ1v) is 13.8. The van der Waals surface area contributed by atoms with Gasteiger partial charge in [-0.3, -0.25) is 14.5 Å². The summed E-state index contributed by atoms with van der Waals surface area (Å²) in [6, 6.07) is 23.1. The molecule has 2 aliphatic rings. The zero-order valence-electron chi connectivity index (χ0n) is 22.9. The van der Waals surface area contributed by atoms with E-state index in [4.69, 9.17) is 9.47 Å². The van der Waals surface area contributed by atoms with Crippen LogP contribution >= 0.6 is 0 Å². The van der Waals surface area contributed by atoms with Gasteiger partial charge >= 0.3 is 0 Å². The van der Waals surface area contributed by atoms with Crippen molar-refractivity contribution in [2.45, 2.75) is 57.4 Å². The fourth-order valence-corrected chi connectivity index (χ4v) is 5.81. The van der Waals surface area contributed by atoms with Crippen LogP contribution in [-0.4, -0.2) is 25.9 Å². The molecule has 2 atom stereocenters. The van der Waals surface area contributed by atoms with Crippen molar-refractivity contribution in [3.8, 4) is 11.5 Å². The molecule has 1 aliphatic carbocycles. The third kappa shape index (κ3) is 5.29. The van der Waals surface area contributed by atoms with E-state index in [1.54, 1.807) is 14.2 Å². The van der Waals surface area contributed by atoms with Crippen LogP contribution in [0, 0.1) is 0 Å². The summed E-state index contributed by atoms with van der Waals surface area (Å²) in [5.41, 5.74) is 5.09. The second-order valence-corrected chi connectivity index (χ2v) is 10.2. The van der Waals surface area contributed by atoms with E-state index < -0.39 is 6.04 Å². The first-order chi connectivity index (χ1) is 19.0. The van der Waals surface area contributed by atoms with Crippen LogP contribution in [0.25, 0.3) is 0 Å². The number of hydrogen-bond donors (Lipinski definition) is 1. The monoisotopic (exact) mass is 524 g/mol. The normalized spacial score (nSPS) is 18.5. The minimum absolute atomic E-state index is 0.00391. The first-order valence-electron chi connectivity index (χ1n) is 13.8. The second kappa shape index (κ2) is 11.8. The molecule has 0 spiro atoms. The van der Waals surface area contributed by atoms with E-state index in [9.17, 15) is 9.59 Å². The zero-order valence-corrected chi connectivity index (χ0v) is 22.9. The van der Waals surface area contributed by atoms with Crippen molar-refractivity contribution in [1.82, 2.24) is 0 Å². The number of anilines is 2. The van der Waals surface area contributed by atoms with Gasteiger partial charge in [0.25, 0.3) is 0 Å². The number of amides is 1. The van der Waals surface area contributed by atoms with Crippen molar-refractivity contribution in [2.24, 2.45) is 0 Å². The standard InChI is InChI=1S/C33H36N2O4/c1-4-5-7-16-31(37)35-27-15-11-10-14-25(27)34-26-19-24(22-12-8-6-9-13-22)20-28(36)32(26)33(35)23-17-18-29(38-2)30(21-23)39-3/h6,8-15,17-18,21,24,33-34H,4-5,7,16,19-20H2,1-3H3/t24-,33+/m0/s1. The SMILES string of the molecule is CCCCCC(=O)N1c2ccccc2NC2=C(C(=O)C[C@@H](c3ccccc3)C2)[C@H]1c1ccc(OC)c(OC)c1. The number of nitrogens with one attached hydrogen (secondary N) is 1. The molecule has 0 saturated heterocycles. The summed E-state index contributed by atoms with van der Waals surface area (Å²) >= 11 is 0. The molecule has 0 bridgehead atoms. The molecule has 202 valence electrons. The Morgan fingerprint density at radius 3 is 2.38 bits per heavy atom. The van der Waals surface area contributed by atoms with Gasteiger partial charge in [0.15, 0.2) is 17.3 Å². The van der Waals surface area contributed by atoms with E-state index in [1.807, 2.05) is 65.6 Å². The number of ketones is 1. The van der Waals surface area contributed by atoms with E-state index in [-0.39, 0.29) is 17.6 Å². The van der Waals surface area contributed by atoms with Crippen molar-refractivity contribution in [1.29, 1.82) is 0 Å². The molecular weight excluding hydrogens is 488 g/mol. The third-order valence-corrected chi connectivity index (χ3v) is 7.75. The number of carbonyl (C=O) groups excluding carboxylic acids is 2. The number of ether oxygens (including phenoxy) is 2. The Morgan fingerprint density at radius 2 is 1.64 bits per heavy atom. The summed E-state index contributed by atoms with van der Waals surface area (Å²) < 4.78 is 11.1. The number of hydrogen-bond acceptors (Lipinski definition) is 5. The summed E-state index contributed by atoms with van der Waals surface area (Å²) in [4.78, 5) is 30.0. The molecule has 1 heterocycles. The van der Waals surface area contributed by atoms with Crippen LogP contribution in [0.1, 0.15) is 68.5 Å². The molecule has 1 aliphatic heterocycles. The van der Waals surface area contributed by atoms with E-state index >= 15 is 0 Å². The van der Waals surface area contributed by atoms with Gasteiger partial charge in [0.1, 0.15) is 0 Å². The van der Waals surface area contributed by atoms with Gasteiger partial charge < -0.3 is 14.8 Å². The highest BCUT2D eigenvalue weighted by molar-refractivity contribution is 6.06. The maximum absolute atomic E-state index is 14.1. The van der Waals surface area contributed by atoms with Gasteiger partial charge in [-0.1, -0.05) is 68.3 Å². The van der Waals surface area contributed by atoms with E-state index in [2.05, 4.69) is 24.4 Å². The van der Waals surface area contributed by atoms with Crippen LogP contribution in [0.3, 0.4) is 0 Å². The lowest BCUT2D eigenvalue weighted by Crippen LogP contribution is -2.38. The molecule has 39 heavy (non-hydrogen) atoms. The van der Waals surface area contributed by atoms with Crippen LogP contribution in [-0.2, 0) is 9.59 Å². The molecule has 0 unspecified atom stereocenters. The van der Waals surface area contributed by atoms with Crippen LogP contribution in [0.15, 0.2) is 84.1 Å². The Morgan fingerprint density at radius 1 is 0.897 bits per heavy atom. The largest absolute Gasteiger partial charge is 0.493 e. The molecule has 1 N–H and O–H groups in total. The molecule has 0 radical (unpaired) electrons. The zero-order chi connectivity index (χ0) is 27.4. The average Bonchev–Trinajstić information content (AvgIpc) is 3.12. The van der Waals surface area contributed by atoms with Gasteiger partial charge in [0.2, 0.25) is 5.91 Å². The lowest BCUT2D eigenvalue weighted by Gasteiger charge is -2.35. The predicted octanol–water partition coefficient (Wildman–Crippen LogP) is 7.18. The van der Waals surface area contributed by atoms with Gasteiger partial charge in [0, 0.05) is 24.1 Å². The molecule has 3 aromatic carbocycles. The molecule has 0 fully saturated rings. The Labute approximate surface area is 230 Å². The lowest BCUT2D eigenvalue weighted by molar-refractivity contribution is -0.119. The van der Waals surface area contributed by atoms with Crippen molar-refractivity contribution in [3.63, 3.8) is 0 Å². The lowest BCUT2D eigenvalue weighted by atomic mass is 9.78. The van der Waals surface area contributed by atoms with Crippen molar-refractivity contribution < 1.29 is 19.1 Å². The number of allylic oxidation sites excluding steroid dienone is 1. The molecule has 6 nitrogen and oxygen atoms in total. The Kier molecular flexibility index (Phi) is 8.01. The number of methoxy groups -OCH3 is 2. The average molecular weight is 525 g/mol. The van der Waals surface area contributed by atoms with E-state index in [0.29, 0.717) is 36.3 Å². The number of carbonyl (C=O) groups is 2. The highest BCUT2D eigenvalue weighted by Gasteiger charge is 2.41. The fraction of sp³-hybridized carbons (Fsp3) is 0.333. The molecule has 0 saturated carbocycles. The number of fused-ring (bicyclic) bond motifs is 1. The van der Waals surface area contributed by atoms with Crippen LogP contribution in [0.4, 0.5) is 11.4 Å². The van der Waals surface area contributed by atoms with Gasteiger partial charge in [-0.05, 0) is 54.2 Å². The van der Waals surface area contributed by atoms with E-state index in [1.165, 1.54) is 0 Å². The van der Waals surface area contributed by atoms with E-state index in [0.717, 1.165) is 47.5 Å². The molecule has 6 heteroatoms. The summed E-state index contributed by atoms with van der Waals surface area (Å²) in [6.07, 6.45) is 4.29. The van der Waals surface area contributed by atoms with Crippen molar-refractivity contribution in [2.75, 3.05) is 24.4 Å². The maximum Gasteiger partial charge on any atom is 0.227 e. The van der Waals surface area contributed by atoms with Crippen molar-refractivity contribution in [3.05, 3.63) is 95.2 Å². The predicted molar refractivity (Wildman–Crippen MR) is 154 cm³/mol. The Balaban J connectivity index is 1.69. The third-order valence-electron chi connectivity index (χ3n) is 7.75. The summed E-state index contributed by atoms with van der Waals surface area (Å²) in [7, 11) is 3.20. The smallest absolute Gasteiger partial charge is 0.227 e. The number of unbranched alkanes of at least 4 members (excludes halogenated alkanes) is 2. The topological polar surface area (TPSA) is 67.9 Å². The minimum Gasteiger partial charge on any atom is -0.493 e. The molecule has 1 amide bonds. The van der Waals surface area contributed by atoms with Crippen LogP contribution < -0.4 is 19.7 Å². The van der Waals surface area contributed by atoms with Gasteiger partial charge in [0.05, 0.1) is 31.6 Å². The van der Waals surface area contributed by atoms with Crippen LogP contribution in [0.5, 0.6) is 11.5 Å². The minimum atomic E-state index is -0.589. The Hall–Kier alpha value is -4.06. The number of rotatable bonds is 8. The van der Waals surface area contributed by atoms with Gasteiger partial charge in [-0.15, -0.1) is 0 Å². The van der Waals surface area contributed by atoms with Crippen LogP contribution in [0.2, 0.25) is 0 Å². The summed E-state index contributed by atoms with van der Waals surface area (Å²) in [6.45, 7) is 2.13. The highest BCUT2D eigenvalue weighted by Crippen LogP contribution is 2.48. The second-order valence-electron chi connectivity index (χ2n) is 10.2. The summed E-state index contributed by atoms with van der Waals surface area (Å²) in [5, 5.41) is 3.60. The molecular formula is C33H36N2O4. The maximum atomic E-state index is 14.1. The van der Waals surface area contributed by atoms with Gasteiger partial charge in [-0.2, -0.15) is 0 Å². The fourth-order valence-electron chi connectivity index (χ4n) is 5.81. The Bertz CT molecular complexity index is 1380.